The highest BCUT2D eigenvalue weighted by Crippen LogP contribution is 2.46. The van der Waals surface area contributed by atoms with E-state index in [4.69, 9.17) is 18.9 Å². The number of methoxy groups -OCH3 is 2. The lowest BCUT2D eigenvalue weighted by molar-refractivity contribution is -0.129. The van der Waals surface area contributed by atoms with Gasteiger partial charge in [0, 0.05) is 64.4 Å². The summed E-state index contributed by atoms with van der Waals surface area (Å²) < 4.78 is 23.6. The van der Waals surface area contributed by atoms with Crippen molar-refractivity contribution in [2.45, 2.75) is 24.8 Å². The number of carbonyl (C=O) groups is 2. The minimum absolute atomic E-state index is 0.132. The first kappa shape index (κ1) is 49.8. The van der Waals surface area contributed by atoms with E-state index in [1.807, 2.05) is 103 Å². The van der Waals surface area contributed by atoms with E-state index in [0.29, 0.717) is 40.7 Å². The molecule has 2 aliphatic rings. The molecular weight excluding hydrogens is 945 g/mol. The van der Waals surface area contributed by atoms with Gasteiger partial charge in [0.2, 0.25) is 0 Å². The second-order valence-corrected chi connectivity index (χ2v) is 17.9. The van der Waals surface area contributed by atoms with Crippen molar-refractivity contribution in [2.75, 3.05) is 24.0 Å². The molecule has 10 rings (SSSR count). The van der Waals surface area contributed by atoms with Crippen molar-refractivity contribution < 1.29 is 28.5 Å². The van der Waals surface area contributed by atoms with Crippen LogP contribution in [0.15, 0.2) is 249 Å². The zero-order valence-electron chi connectivity index (χ0n) is 42.2. The molecule has 2 heterocycles. The van der Waals surface area contributed by atoms with Crippen LogP contribution in [0, 0.1) is 0 Å². The fraction of sp³-hybridized carbons (Fsp3) is 0.0909. The first-order valence-electron chi connectivity index (χ1n) is 24.9. The summed E-state index contributed by atoms with van der Waals surface area (Å²) in [5.74, 6) is 1.28. The van der Waals surface area contributed by atoms with Crippen LogP contribution in [0.1, 0.15) is 35.9 Å². The summed E-state index contributed by atoms with van der Waals surface area (Å²) in [6.45, 7) is 7.14. The SMILES string of the molecule is C=CC(=O)Oc1ccc(-c2ccc(N(C3=CCC(c4ccc(N(c5ccccc5)c5ccc(-c6ccc(OC(=O)C=C)c(C7CC=CC=N7)c6)cc5OC)cc4)C=C3)c3ccccc3)c(OC)c2)cc1-c1ccccn1. The summed E-state index contributed by atoms with van der Waals surface area (Å²) in [5.41, 5.74) is 12.8. The van der Waals surface area contributed by atoms with Gasteiger partial charge in [-0.1, -0.05) is 110 Å². The van der Waals surface area contributed by atoms with E-state index in [9.17, 15) is 9.59 Å². The number of ether oxygens (including phenoxy) is 4. The molecule has 2 atom stereocenters. The highest BCUT2D eigenvalue weighted by Gasteiger charge is 2.24. The Morgan fingerprint density at radius 2 is 1.14 bits per heavy atom. The van der Waals surface area contributed by atoms with Crippen molar-refractivity contribution in [3.8, 4) is 56.5 Å². The fourth-order valence-corrected chi connectivity index (χ4v) is 9.58. The number of allylic oxidation sites excluding steroid dienone is 4. The standard InChI is InChI=1S/C66H54N4O6/c1-5-65(71)75-61-37-29-47(41-55(61)57-21-13-15-39-67-57)49-27-35-59(63(43-49)73-3)69(51-17-9-7-10-18-51)53-31-23-45(24-32-53)46-25-33-54(34-26-46)70(52-19-11-8-12-20-52)60-36-28-50(44-64(60)74-4)48-30-38-62(76-66(72)6-2)56(42-48)58-22-14-16-40-68-58/h5-21,23,25-45,58H,1-2,22,24H2,3-4H3. The van der Waals surface area contributed by atoms with Gasteiger partial charge in [-0.15, -0.1) is 0 Å². The van der Waals surface area contributed by atoms with E-state index < -0.39 is 11.9 Å². The summed E-state index contributed by atoms with van der Waals surface area (Å²) in [6, 6.07) is 58.6. The van der Waals surface area contributed by atoms with Crippen LogP contribution in [0.4, 0.5) is 28.4 Å². The van der Waals surface area contributed by atoms with E-state index >= 15 is 0 Å². The predicted octanol–water partition coefficient (Wildman–Crippen LogP) is 15.6. The Hall–Kier alpha value is -9.80. The van der Waals surface area contributed by atoms with Gasteiger partial charge in [-0.05, 0) is 150 Å². The van der Waals surface area contributed by atoms with Gasteiger partial charge >= 0.3 is 11.9 Å². The molecule has 1 aromatic heterocycles. The minimum atomic E-state index is -0.547. The quantitative estimate of drug-likeness (QED) is 0.0501. The Kier molecular flexibility index (Phi) is 15.0. The number of nitrogens with zero attached hydrogens (tertiary/aromatic N) is 4. The normalized spacial score (nSPS) is 14.5. The van der Waals surface area contributed by atoms with Crippen molar-refractivity contribution >= 4 is 46.6 Å². The lowest BCUT2D eigenvalue weighted by Gasteiger charge is -2.30. The Morgan fingerprint density at radius 1 is 0.579 bits per heavy atom. The molecule has 0 bridgehead atoms. The number of anilines is 5. The van der Waals surface area contributed by atoms with Crippen LogP contribution in [0.25, 0.3) is 33.5 Å². The van der Waals surface area contributed by atoms with E-state index in [2.05, 4.69) is 130 Å². The summed E-state index contributed by atoms with van der Waals surface area (Å²) >= 11 is 0. The van der Waals surface area contributed by atoms with Gasteiger partial charge in [0.25, 0.3) is 0 Å². The maximum absolute atomic E-state index is 12.3. The smallest absolute Gasteiger partial charge is 0.335 e. The number of carbonyl (C=O) groups excluding carboxylic acids is 2. The van der Waals surface area contributed by atoms with E-state index in [-0.39, 0.29) is 12.0 Å². The number of rotatable bonds is 17. The molecule has 0 fully saturated rings. The van der Waals surface area contributed by atoms with Crippen molar-refractivity contribution in [2.24, 2.45) is 4.99 Å². The number of benzene rings is 7. The first-order valence-corrected chi connectivity index (χ1v) is 24.9. The van der Waals surface area contributed by atoms with Crippen LogP contribution in [-0.2, 0) is 9.59 Å². The molecule has 0 saturated carbocycles. The zero-order chi connectivity index (χ0) is 52.4. The van der Waals surface area contributed by atoms with Gasteiger partial charge < -0.3 is 28.7 Å². The third-order valence-corrected chi connectivity index (χ3v) is 13.3. The third-order valence-electron chi connectivity index (χ3n) is 13.3. The molecule has 76 heavy (non-hydrogen) atoms. The number of hydrogen-bond donors (Lipinski definition) is 0. The lowest BCUT2D eigenvalue weighted by Crippen LogP contribution is -2.18. The van der Waals surface area contributed by atoms with E-state index in [1.54, 1.807) is 32.7 Å². The number of hydrogen-bond acceptors (Lipinski definition) is 10. The number of dihydropyridines is 1. The number of para-hydroxylation sites is 2. The Bertz CT molecular complexity index is 3550. The fourth-order valence-electron chi connectivity index (χ4n) is 9.58. The monoisotopic (exact) mass is 998 g/mol. The number of pyridine rings is 1. The molecule has 10 nitrogen and oxygen atoms in total. The molecule has 0 N–H and O–H groups in total. The average Bonchev–Trinajstić information content (AvgIpc) is 3.51. The highest BCUT2D eigenvalue weighted by atomic mass is 16.5. The summed E-state index contributed by atoms with van der Waals surface area (Å²) in [5, 5.41) is 0. The number of aliphatic imine (C=N–C) groups is 1. The van der Waals surface area contributed by atoms with Crippen molar-refractivity contribution in [3.05, 3.63) is 255 Å². The van der Waals surface area contributed by atoms with E-state index in [1.165, 1.54) is 5.56 Å². The molecule has 8 aromatic rings. The summed E-state index contributed by atoms with van der Waals surface area (Å²) in [6.07, 6.45) is 18.0. The first-order chi connectivity index (χ1) is 37.3. The third kappa shape index (κ3) is 10.8. The van der Waals surface area contributed by atoms with Gasteiger partial charge in [-0.2, -0.15) is 0 Å². The average molecular weight is 999 g/mol. The van der Waals surface area contributed by atoms with Gasteiger partial charge in [0.05, 0.1) is 37.3 Å². The lowest BCUT2D eigenvalue weighted by atomic mass is 9.91. The van der Waals surface area contributed by atoms with Crippen molar-refractivity contribution in [1.82, 2.24) is 4.98 Å². The second kappa shape index (κ2) is 23.0. The molecule has 7 aromatic carbocycles. The van der Waals surface area contributed by atoms with Crippen LogP contribution in [0.5, 0.6) is 23.0 Å². The largest absolute Gasteiger partial charge is 0.495 e. The van der Waals surface area contributed by atoms with E-state index in [0.717, 1.165) is 80.5 Å². The summed E-state index contributed by atoms with van der Waals surface area (Å²) in [7, 11) is 3.38. The van der Waals surface area contributed by atoms with Gasteiger partial charge in [-0.3, -0.25) is 9.98 Å². The minimum Gasteiger partial charge on any atom is -0.495 e. The Balaban J connectivity index is 0.921. The number of aromatic nitrogens is 1. The topological polar surface area (TPSA) is 103 Å². The Morgan fingerprint density at radius 3 is 1.72 bits per heavy atom. The van der Waals surface area contributed by atoms with Gasteiger partial charge in [0.1, 0.15) is 23.0 Å². The number of esters is 2. The molecule has 1 aliphatic carbocycles. The molecule has 0 saturated heterocycles. The van der Waals surface area contributed by atoms with Crippen molar-refractivity contribution in [1.29, 1.82) is 0 Å². The van der Waals surface area contributed by atoms with Crippen LogP contribution in [0.2, 0.25) is 0 Å². The molecule has 0 amide bonds. The zero-order valence-corrected chi connectivity index (χ0v) is 42.2. The maximum Gasteiger partial charge on any atom is 0.335 e. The van der Waals surface area contributed by atoms with Crippen LogP contribution >= 0.6 is 0 Å². The molecule has 1 aliphatic heterocycles. The van der Waals surface area contributed by atoms with Crippen LogP contribution in [0.3, 0.4) is 0 Å². The maximum atomic E-state index is 12.3. The molecular formula is C66H54N4O6. The van der Waals surface area contributed by atoms with Gasteiger partial charge in [-0.25, -0.2) is 9.59 Å². The second-order valence-electron chi connectivity index (χ2n) is 17.9. The molecule has 0 radical (unpaired) electrons. The van der Waals surface area contributed by atoms with Crippen molar-refractivity contribution in [3.63, 3.8) is 0 Å². The highest BCUT2D eigenvalue weighted by molar-refractivity contribution is 5.88. The molecule has 10 heteroatoms. The molecule has 374 valence electrons. The molecule has 2 unspecified atom stereocenters. The van der Waals surface area contributed by atoms with Gasteiger partial charge in [0.15, 0.2) is 0 Å². The molecule has 0 spiro atoms. The predicted molar refractivity (Wildman–Crippen MR) is 305 cm³/mol. The summed E-state index contributed by atoms with van der Waals surface area (Å²) in [4.78, 5) is 38.2. The Labute approximate surface area is 443 Å². The van der Waals surface area contributed by atoms with Crippen LogP contribution < -0.4 is 28.7 Å². The van der Waals surface area contributed by atoms with Crippen LogP contribution in [-0.4, -0.2) is 37.4 Å².